The highest BCUT2D eigenvalue weighted by atomic mass is 32.1. The van der Waals surface area contributed by atoms with E-state index < -0.39 is 0 Å². The zero-order valence-electron chi connectivity index (χ0n) is 15.9. The van der Waals surface area contributed by atoms with Gasteiger partial charge in [-0.05, 0) is 55.6 Å². The van der Waals surface area contributed by atoms with Crippen LogP contribution in [0.25, 0.3) is 0 Å². The van der Waals surface area contributed by atoms with Gasteiger partial charge in [0.05, 0.1) is 12.7 Å². The highest BCUT2D eigenvalue weighted by molar-refractivity contribution is 7.80. The predicted molar refractivity (Wildman–Crippen MR) is 117 cm³/mol. The first-order valence-corrected chi connectivity index (χ1v) is 10.8. The molecule has 0 saturated carbocycles. The number of esters is 1. The number of nitrogens with one attached hydrogen (secondary N) is 1. The Morgan fingerprint density at radius 1 is 1.21 bits per heavy atom. The van der Waals surface area contributed by atoms with Crippen molar-refractivity contribution in [2.24, 2.45) is 0 Å². The van der Waals surface area contributed by atoms with Crippen molar-refractivity contribution in [1.29, 1.82) is 0 Å². The van der Waals surface area contributed by atoms with Crippen LogP contribution in [-0.2, 0) is 17.6 Å². The molecule has 1 aliphatic carbocycles. The molecule has 1 aliphatic heterocycles. The number of pyridine rings is 1. The van der Waals surface area contributed by atoms with Gasteiger partial charge in [0.15, 0.2) is 5.11 Å². The van der Waals surface area contributed by atoms with E-state index in [4.69, 9.17) is 17.0 Å². The Morgan fingerprint density at radius 3 is 2.71 bits per heavy atom. The van der Waals surface area contributed by atoms with Crippen molar-refractivity contribution in [3.63, 3.8) is 0 Å². The number of hydrogen-bond donors (Lipinski definition) is 1. The maximum atomic E-state index is 12.4. The number of thiocarbonyl (C=S) groups is 1. The Kier molecular flexibility index (Phi) is 5.77. The van der Waals surface area contributed by atoms with Crippen molar-refractivity contribution in [2.45, 2.75) is 25.7 Å². The molecular weight excluding hydrogens is 392 g/mol. The van der Waals surface area contributed by atoms with Gasteiger partial charge in [-0.3, -0.25) is 0 Å². The fourth-order valence-corrected chi connectivity index (χ4v) is 5.45. The summed E-state index contributed by atoms with van der Waals surface area (Å²) in [6.07, 6.45) is 6.08. The molecule has 2 aliphatic rings. The molecule has 148 valence electrons. The van der Waals surface area contributed by atoms with Gasteiger partial charge in [0.25, 0.3) is 0 Å². The van der Waals surface area contributed by atoms with E-state index in [-0.39, 0.29) is 5.97 Å². The monoisotopic (exact) mass is 416 g/mol. The van der Waals surface area contributed by atoms with Crippen molar-refractivity contribution >= 4 is 45.5 Å². The van der Waals surface area contributed by atoms with Crippen molar-refractivity contribution in [3.05, 3.63) is 40.4 Å². The normalized spacial score (nSPS) is 16.5. The van der Waals surface area contributed by atoms with Crippen molar-refractivity contribution < 1.29 is 9.53 Å². The molecule has 0 radical (unpaired) electrons. The maximum absolute atomic E-state index is 12.4. The minimum absolute atomic E-state index is 0.273. The lowest BCUT2D eigenvalue weighted by molar-refractivity contribution is 0.0601. The van der Waals surface area contributed by atoms with Crippen LogP contribution in [0.15, 0.2) is 24.4 Å². The topological polar surface area (TPSA) is 57.7 Å². The number of piperazine rings is 1. The molecule has 28 heavy (non-hydrogen) atoms. The molecule has 1 N–H and O–H groups in total. The molecule has 6 nitrogen and oxygen atoms in total. The van der Waals surface area contributed by atoms with Crippen molar-refractivity contribution in [3.8, 4) is 0 Å². The summed E-state index contributed by atoms with van der Waals surface area (Å²) in [6.45, 7) is 3.37. The van der Waals surface area contributed by atoms with E-state index in [0.717, 1.165) is 61.8 Å². The van der Waals surface area contributed by atoms with E-state index in [2.05, 4.69) is 20.1 Å². The largest absolute Gasteiger partial charge is 0.465 e. The SMILES string of the molecule is COC(=O)c1c(NC(=S)N2CCN(c3ccccn3)CC2)sc2c1CCCC2. The minimum atomic E-state index is -0.273. The summed E-state index contributed by atoms with van der Waals surface area (Å²) in [5, 5.41) is 4.85. The number of carbonyl (C=O) groups is 1. The standard InChI is InChI=1S/C20H24N4O2S2/c1-26-19(25)17-14-6-2-3-7-15(14)28-18(17)22-20(27)24-12-10-23(11-13-24)16-8-4-5-9-21-16/h4-5,8-9H,2-3,6-7,10-13H2,1H3,(H,22,27). The number of aryl methyl sites for hydroxylation is 1. The molecule has 0 spiro atoms. The third kappa shape index (κ3) is 3.84. The van der Waals surface area contributed by atoms with Crippen LogP contribution in [0.5, 0.6) is 0 Å². The lowest BCUT2D eigenvalue weighted by Crippen LogP contribution is -2.50. The van der Waals surface area contributed by atoms with Crippen molar-refractivity contribution in [1.82, 2.24) is 9.88 Å². The van der Waals surface area contributed by atoms with E-state index in [1.54, 1.807) is 11.3 Å². The Hall–Kier alpha value is -2.19. The van der Waals surface area contributed by atoms with Gasteiger partial charge in [0.1, 0.15) is 10.8 Å². The first-order valence-electron chi connectivity index (χ1n) is 9.62. The van der Waals surface area contributed by atoms with Gasteiger partial charge >= 0.3 is 5.97 Å². The fraction of sp³-hybridized carbons (Fsp3) is 0.450. The summed E-state index contributed by atoms with van der Waals surface area (Å²) in [6, 6.07) is 5.97. The highest BCUT2D eigenvalue weighted by Gasteiger charge is 2.28. The van der Waals surface area contributed by atoms with Crippen LogP contribution in [-0.4, -0.2) is 54.3 Å². The van der Waals surface area contributed by atoms with Crippen LogP contribution in [0.3, 0.4) is 0 Å². The van der Waals surface area contributed by atoms with Gasteiger partial charge in [0.2, 0.25) is 0 Å². The van der Waals surface area contributed by atoms with Crippen molar-refractivity contribution in [2.75, 3.05) is 43.5 Å². The first-order chi connectivity index (χ1) is 13.7. The molecule has 0 atom stereocenters. The Labute approximate surface area is 174 Å². The average molecular weight is 417 g/mol. The number of nitrogens with zero attached hydrogens (tertiary/aromatic N) is 3. The molecule has 4 rings (SSSR count). The molecule has 2 aromatic rings. The number of ether oxygens (including phenoxy) is 1. The molecule has 2 aromatic heterocycles. The second-order valence-corrected chi connectivity index (χ2v) is 8.49. The zero-order chi connectivity index (χ0) is 19.5. The van der Waals surface area contributed by atoms with Crippen LogP contribution < -0.4 is 10.2 Å². The van der Waals surface area contributed by atoms with Gasteiger partial charge < -0.3 is 19.9 Å². The van der Waals surface area contributed by atoms with Gasteiger partial charge in [-0.1, -0.05) is 6.07 Å². The highest BCUT2D eigenvalue weighted by Crippen LogP contribution is 2.38. The number of anilines is 2. The van der Waals surface area contributed by atoms with E-state index in [0.29, 0.717) is 10.7 Å². The summed E-state index contributed by atoms with van der Waals surface area (Å²) in [7, 11) is 1.44. The quantitative estimate of drug-likeness (QED) is 0.608. The third-order valence-electron chi connectivity index (χ3n) is 5.32. The third-order valence-corrected chi connectivity index (χ3v) is 6.89. The number of aromatic nitrogens is 1. The number of carbonyl (C=O) groups excluding carboxylic acids is 1. The Bertz CT molecular complexity index is 861. The van der Waals surface area contributed by atoms with E-state index in [1.807, 2.05) is 24.4 Å². The van der Waals surface area contributed by atoms with Crippen LogP contribution in [0.2, 0.25) is 0 Å². The van der Waals surface area contributed by atoms with Crippen LogP contribution in [0.4, 0.5) is 10.8 Å². The smallest absolute Gasteiger partial charge is 0.341 e. The van der Waals surface area contributed by atoms with Gasteiger partial charge in [0, 0.05) is 37.3 Å². The van der Waals surface area contributed by atoms with E-state index in [9.17, 15) is 4.79 Å². The number of fused-ring (bicyclic) bond motifs is 1. The summed E-state index contributed by atoms with van der Waals surface area (Å²) < 4.78 is 5.05. The second kappa shape index (κ2) is 8.45. The molecule has 0 aromatic carbocycles. The minimum Gasteiger partial charge on any atom is -0.465 e. The molecule has 3 heterocycles. The van der Waals surface area contributed by atoms with Crippen LogP contribution in [0.1, 0.15) is 33.6 Å². The molecule has 1 saturated heterocycles. The summed E-state index contributed by atoms with van der Waals surface area (Å²) >= 11 is 7.32. The molecule has 0 amide bonds. The Balaban J connectivity index is 1.44. The van der Waals surface area contributed by atoms with E-state index >= 15 is 0 Å². The number of methoxy groups -OCH3 is 1. The molecule has 8 heteroatoms. The summed E-state index contributed by atoms with van der Waals surface area (Å²) in [4.78, 5) is 22.5. The molecule has 0 unspecified atom stereocenters. The maximum Gasteiger partial charge on any atom is 0.341 e. The number of hydrogen-bond acceptors (Lipinski definition) is 6. The first kappa shape index (κ1) is 19.1. The summed E-state index contributed by atoms with van der Waals surface area (Å²) in [5.41, 5.74) is 1.82. The zero-order valence-corrected chi connectivity index (χ0v) is 17.6. The number of rotatable bonds is 3. The lowest BCUT2D eigenvalue weighted by atomic mass is 9.95. The van der Waals surface area contributed by atoms with E-state index in [1.165, 1.54) is 18.4 Å². The van der Waals surface area contributed by atoms with Gasteiger partial charge in [-0.15, -0.1) is 11.3 Å². The lowest BCUT2D eigenvalue weighted by Gasteiger charge is -2.36. The number of thiophene rings is 1. The molecular formula is C20H24N4O2S2. The van der Waals surface area contributed by atoms with Crippen LogP contribution >= 0.6 is 23.6 Å². The molecule has 1 fully saturated rings. The fourth-order valence-electron chi connectivity index (χ4n) is 3.83. The summed E-state index contributed by atoms with van der Waals surface area (Å²) in [5.74, 6) is 0.726. The molecule has 0 bridgehead atoms. The van der Waals surface area contributed by atoms with Gasteiger partial charge in [-0.25, -0.2) is 9.78 Å². The van der Waals surface area contributed by atoms with Gasteiger partial charge in [-0.2, -0.15) is 0 Å². The Morgan fingerprint density at radius 2 is 2.00 bits per heavy atom. The van der Waals surface area contributed by atoms with Crippen LogP contribution in [0, 0.1) is 0 Å². The second-order valence-electron chi connectivity index (χ2n) is 7.00. The average Bonchev–Trinajstić information content (AvgIpc) is 3.11. The predicted octanol–water partition coefficient (Wildman–Crippen LogP) is 3.33.